The lowest BCUT2D eigenvalue weighted by molar-refractivity contribution is -0.136. The van der Waals surface area contributed by atoms with Crippen molar-refractivity contribution in [3.63, 3.8) is 0 Å². The van der Waals surface area contributed by atoms with Crippen LogP contribution in [0.4, 0.5) is 5.69 Å². The fourth-order valence-corrected chi connectivity index (χ4v) is 3.40. The SMILES string of the molecule is COC(=O)C1=C(Nc2ccc3c(c2)CN(C(C)=O)CC3)C(=O)N(CCO)C1. The number of hydrogen-bond acceptors (Lipinski definition) is 6. The van der Waals surface area contributed by atoms with Gasteiger partial charge in [0.2, 0.25) is 5.91 Å². The van der Waals surface area contributed by atoms with Gasteiger partial charge in [0.25, 0.3) is 5.91 Å². The quantitative estimate of drug-likeness (QED) is 0.719. The molecular weight excluding hydrogens is 350 g/mol. The average molecular weight is 373 g/mol. The zero-order valence-electron chi connectivity index (χ0n) is 15.4. The second-order valence-corrected chi connectivity index (χ2v) is 6.59. The van der Waals surface area contributed by atoms with Crippen LogP contribution in [0.3, 0.4) is 0 Å². The van der Waals surface area contributed by atoms with E-state index in [4.69, 9.17) is 9.84 Å². The molecule has 2 N–H and O–H groups in total. The summed E-state index contributed by atoms with van der Waals surface area (Å²) in [7, 11) is 1.27. The molecule has 144 valence electrons. The first-order valence-corrected chi connectivity index (χ1v) is 8.80. The first kappa shape index (κ1) is 18.9. The van der Waals surface area contributed by atoms with Crippen molar-refractivity contribution in [2.75, 3.05) is 38.7 Å². The van der Waals surface area contributed by atoms with Gasteiger partial charge in [-0.3, -0.25) is 9.59 Å². The first-order chi connectivity index (χ1) is 12.9. The van der Waals surface area contributed by atoms with Crippen molar-refractivity contribution >= 4 is 23.5 Å². The average Bonchev–Trinajstić information content (AvgIpc) is 2.97. The molecule has 0 unspecified atom stereocenters. The van der Waals surface area contributed by atoms with E-state index in [-0.39, 0.29) is 42.8 Å². The van der Waals surface area contributed by atoms with Crippen molar-refractivity contribution in [3.8, 4) is 0 Å². The van der Waals surface area contributed by atoms with Gasteiger partial charge in [0, 0.05) is 32.2 Å². The molecule has 2 aliphatic rings. The Morgan fingerprint density at radius 1 is 1.26 bits per heavy atom. The van der Waals surface area contributed by atoms with Crippen LogP contribution in [-0.2, 0) is 32.1 Å². The van der Waals surface area contributed by atoms with Crippen molar-refractivity contribution in [2.45, 2.75) is 19.9 Å². The molecule has 0 aliphatic carbocycles. The van der Waals surface area contributed by atoms with Crippen molar-refractivity contribution in [3.05, 3.63) is 40.6 Å². The second-order valence-electron chi connectivity index (χ2n) is 6.59. The molecule has 0 radical (unpaired) electrons. The number of nitrogens with zero attached hydrogens (tertiary/aromatic N) is 2. The van der Waals surface area contributed by atoms with Crippen molar-refractivity contribution in [2.24, 2.45) is 0 Å². The summed E-state index contributed by atoms with van der Waals surface area (Å²) in [6, 6.07) is 5.72. The Morgan fingerprint density at radius 3 is 2.70 bits per heavy atom. The van der Waals surface area contributed by atoms with Crippen molar-refractivity contribution in [1.82, 2.24) is 9.80 Å². The molecule has 2 aliphatic heterocycles. The fraction of sp³-hybridized carbons (Fsp3) is 0.421. The van der Waals surface area contributed by atoms with Crippen molar-refractivity contribution in [1.29, 1.82) is 0 Å². The van der Waals surface area contributed by atoms with E-state index in [1.807, 2.05) is 18.2 Å². The largest absolute Gasteiger partial charge is 0.466 e. The van der Waals surface area contributed by atoms with Crippen LogP contribution < -0.4 is 5.32 Å². The minimum atomic E-state index is -0.577. The van der Waals surface area contributed by atoms with E-state index in [0.717, 1.165) is 12.0 Å². The molecule has 1 aromatic carbocycles. The van der Waals surface area contributed by atoms with Gasteiger partial charge in [-0.15, -0.1) is 0 Å². The normalized spacial score (nSPS) is 16.5. The zero-order chi connectivity index (χ0) is 19.6. The highest BCUT2D eigenvalue weighted by molar-refractivity contribution is 6.08. The summed E-state index contributed by atoms with van der Waals surface area (Å²) in [6.45, 7) is 2.81. The number of fused-ring (bicyclic) bond motifs is 1. The highest BCUT2D eigenvalue weighted by Gasteiger charge is 2.34. The molecule has 0 aromatic heterocycles. The molecule has 3 rings (SSSR count). The Hall–Kier alpha value is -2.87. The van der Waals surface area contributed by atoms with Crippen LogP contribution in [0.2, 0.25) is 0 Å². The van der Waals surface area contributed by atoms with Gasteiger partial charge in [-0.1, -0.05) is 6.07 Å². The molecule has 0 spiro atoms. The number of rotatable bonds is 5. The third kappa shape index (κ3) is 3.80. The summed E-state index contributed by atoms with van der Waals surface area (Å²) in [4.78, 5) is 39.5. The molecule has 0 bridgehead atoms. The summed E-state index contributed by atoms with van der Waals surface area (Å²) in [5, 5.41) is 12.2. The van der Waals surface area contributed by atoms with Crippen molar-refractivity contribution < 1.29 is 24.2 Å². The van der Waals surface area contributed by atoms with Gasteiger partial charge in [-0.2, -0.15) is 0 Å². The molecule has 0 atom stereocenters. The standard InChI is InChI=1S/C19H23N3O5/c1-12(24)21-6-5-13-3-4-15(9-14(13)10-21)20-17-16(19(26)27-2)11-22(7-8-23)18(17)25/h3-4,9,20,23H,5-8,10-11H2,1-2H3. The number of esters is 1. The van der Waals surface area contributed by atoms with E-state index in [0.29, 0.717) is 18.8 Å². The number of anilines is 1. The summed E-state index contributed by atoms with van der Waals surface area (Å²) in [6.07, 6.45) is 0.786. The highest BCUT2D eigenvalue weighted by atomic mass is 16.5. The highest BCUT2D eigenvalue weighted by Crippen LogP contribution is 2.26. The van der Waals surface area contributed by atoms with Crippen LogP contribution in [0.1, 0.15) is 18.1 Å². The maximum Gasteiger partial charge on any atom is 0.337 e. The number of benzene rings is 1. The van der Waals surface area contributed by atoms with Gasteiger partial charge in [-0.05, 0) is 29.7 Å². The third-order valence-corrected chi connectivity index (χ3v) is 4.89. The zero-order valence-corrected chi connectivity index (χ0v) is 15.4. The van der Waals surface area contributed by atoms with E-state index in [1.165, 1.54) is 17.6 Å². The first-order valence-electron chi connectivity index (χ1n) is 8.80. The number of methoxy groups -OCH3 is 1. The van der Waals surface area contributed by atoms with Gasteiger partial charge in [0.15, 0.2) is 0 Å². The predicted molar refractivity (Wildman–Crippen MR) is 97.6 cm³/mol. The summed E-state index contributed by atoms with van der Waals surface area (Å²) < 4.78 is 4.79. The van der Waals surface area contributed by atoms with E-state index in [2.05, 4.69) is 5.32 Å². The third-order valence-electron chi connectivity index (χ3n) is 4.89. The van der Waals surface area contributed by atoms with Crippen LogP contribution in [-0.4, -0.2) is 66.0 Å². The lowest BCUT2D eigenvalue weighted by atomic mass is 9.99. The fourth-order valence-electron chi connectivity index (χ4n) is 3.40. The van der Waals surface area contributed by atoms with Gasteiger partial charge in [0.05, 0.1) is 25.8 Å². The van der Waals surface area contributed by atoms with Gasteiger partial charge in [0.1, 0.15) is 5.70 Å². The van der Waals surface area contributed by atoms with Gasteiger partial charge >= 0.3 is 5.97 Å². The number of aliphatic hydroxyl groups excluding tert-OH is 1. The smallest absolute Gasteiger partial charge is 0.337 e. The minimum absolute atomic E-state index is 0.0281. The topological polar surface area (TPSA) is 99.2 Å². The van der Waals surface area contributed by atoms with Crippen LogP contribution in [0, 0.1) is 0 Å². The Morgan fingerprint density at radius 2 is 2.04 bits per heavy atom. The molecule has 0 saturated heterocycles. The van der Waals surface area contributed by atoms with Crippen LogP contribution in [0.25, 0.3) is 0 Å². The molecule has 27 heavy (non-hydrogen) atoms. The number of nitrogens with one attached hydrogen (secondary N) is 1. The molecule has 2 amide bonds. The van der Waals surface area contributed by atoms with Crippen LogP contribution in [0.5, 0.6) is 0 Å². The molecule has 0 fully saturated rings. The Labute approximate surface area is 157 Å². The van der Waals surface area contributed by atoms with Crippen LogP contribution in [0.15, 0.2) is 29.5 Å². The number of carbonyl (C=O) groups is 3. The lowest BCUT2D eigenvalue weighted by Gasteiger charge is -2.28. The number of ether oxygens (including phenoxy) is 1. The number of carbonyl (C=O) groups excluding carboxylic acids is 3. The lowest BCUT2D eigenvalue weighted by Crippen LogP contribution is -2.34. The second kappa shape index (κ2) is 7.79. The minimum Gasteiger partial charge on any atom is -0.466 e. The maximum atomic E-state index is 12.6. The van der Waals surface area contributed by atoms with Gasteiger partial charge < -0.3 is 25.0 Å². The summed E-state index contributed by atoms with van der Waals surface area (Å²) >= 11 is 0. The Bertz CT molecular complexity index is 818. The van der Waals surface area contributed by atoms with Gasteiger partial charge in [-0.25, -0.2) is 4.79 Å². The number of β-amino-alcohol motifs (C(OH)–C–C–N with tert-alkyl or cyclic N) is 1. The van der Waals surface area contributed by atoms with Crippen LogP contribution >= 0.6 is 0 Å². The molecule has 0 saturated carbocycles. The predicted octanol–water partition coefficient (Wildman–Crippen LogP) is 0.265. The molecule has 1 aromatic rings. The maximum absolute atomic E-state index is 12.6. The Kier molecular flexibility index (Phi) is 5.46. The number of amides is 2. The molecule has 8 nitrogen and oxygen atoms in total. The van der Waals surface area contributed by atoms with E-state index >= 15 is 0 Å². The summed E-state index contributed by atoms with van der Waals surface area (Å²) in [5.41, 5.74) is 3.24. The van der Waals surface area contributed by atoms with E-state index in [1.54, 1.807) is 11.8 Å². The molecular formula is C19H23N3O5. The van der Waals surface area contributed by atoms with E-state index < -0.39 is 5.97 Å². The summed E-state index contributed by atoms with van der Waals surface area (Å²) in [5.74, 6) is -0.903. The number of aliphatic hydroxyl groups is 1. The number of hydrogen-bond donors (Lipinski definition) is 2. The monoisotopic (exact) mass is 373 g/mol. The molecule has 8 heteroatoms. The molecule has 2 heterocycles. The Balaban J connectivity index is 1.86. The van der Waals surface area contributed by atoms with E-state index in [9.17, 15) is 14.4 Å².